The largest absolute Gasteiger partial charge is 0.353 e. The van der Waals surface area contributed by atoms with Crippen molar-refractivity contribution in [2.45, 2.75) is 20.3 Å². The number of carbonyl (C=O) groups excluding carboxylic acids is 1. The highest BCUT2D eigenvalue weighted by molar-refractivity contribution is 5.91. The molecule has 20 heavy (non-hydrogen) atoms. The second-order valence-electron chi connectivity index (χ2n) is 4.56. The van der Waals surface area contributed by atoms with Gasteiger partial charge in [-0.15, -0.1) is 0 Å². The fourth-order valence-corrected chi connectivity index (χ4v) is 1.90. The van der Waals surface area contributed by atoms with Crippen molar-refractivity contribution < 1.29 is 9.18 Å². The monoisotopic (exact) mass is 278 g/mol. The lowest BCUT2D eigenvalue weighted by Crippen LogP contribution is -2.29. The zero-order valence-electron chi connectivity index (χ0n) is 12.2. The number of hydrogen-bond donors (Lipinski definition) is 1. The van der Waals surface area contributed by atoms with Crippen LogP contribution in [0.15, 0.2) is 30.3 Å². The lowest BCUT2D eigenvalue weighted by molar-refractivity contribution is -0.116. The van der Waals surface area contributed by atoms with Gasteiger partial charge in [0, 0.05) is 12.6 Å². The van der Waals surface area contributed by atoms with Gasteiger partial charge in [0.2, 0.25) is 5.91 Å². The molecule has 0 spiro atoms. The number of halogens is 1. The average Bonchev–Trinajstić information content (AvgIpc) is 2.45. The maximum atomic E-state index is 12.9. The van der Waals surface area contributed by atoms with Gasteiger partial charge in [-0.3, -0.25) is 4.79 Å². The van der Waals surface area contributed by atoms with Crippen molar-refractivity contribution in [3.05, 3.63) is 41.7 Å². The summed E-state index contributed by atoms with van der Waals surface area (Å²) in [5, 5.41) is 2.82. The summed E-state index contributed by atoms with van der Waals surface area (Å²) in [6.07, 6.45) is 3.98. The molecular weight excluding hydrogens is 255 g/mol. The van der Waals surface area contributed by atoms with E-state index in [1.807, 2.05) is 0 Å². The fourth-order valence-electron chi connectivity index (χ4n) is 1.90. The van der Waals surface area contributed by atoms with Crippen molar-refractivity contribution in [3.8, 4) is 0 Å². The van der Waals surface area contributed by atoms with E-state index in [2.05, 4.69) is 24.1 Å². The molecule has 0 fully saturated rings. The number of benzene rings is 1. The van der Waals surface area contributed by atoms with Crippen LogP contribution in [-0.2, 0) is 4.79 Å². The molecule has 1 N–H and O–H groups in total. The van der Waals surface area contributed by atoms with Gasteiger partial charge in [-0.05, 0) is 49.8 Å². The topological polar surface area (TPSA) is 32.3 Å². The summed E-state index contributed by atoms with van der Waals surface area (Å²) in [5.41, 5.74) is 0.684. The number of amides is 1. The van der Waals surface area contributed by atoms with Gasteiger partial charge >= 0.3 is 0 Å². The maximum absolute atomic E-state index is 12.9. The quantitative estimate of drug-likeness (QED) is 0.586. The van der Waals surface area contributed by atoms with Gasteiger partial charge in [-0.2, -0.15) is 0 Å². The van der Waals surface area contributed by atoms with E-state index in [1.54, 1.807) is 18.2 Å². The Morgan fingerprint density at radius 2 is 2.10 bits per heavy atom. The molecule has 4 heteroatoms. The third kappa shape index (κ3) is 6.48. The molecular formula is C16H23FN2O. The van der Waals surface area contributed by atoms with Crippen LogP contribution in [0.4, 0.5) is 4.39 Å². The highest BCUT2D eigenvalue weighted by Gasteiger charge is 1.99. The Morgan fingerprint density at radius 1 is 1.35 bits per heavy atom. The molecule has 0 aliphatic carbocycles. The number of rotatable bonds is 8. The minimum Gasteiger partial charge on any atom is -0.353 e. The van der Waals surface area contributed by atoms with Crippen LogP contribution in [0.5, 0.6) is 0 Å². The average molecular weight is 278 g/mol. The first-order valence-electron chi connectivity index (χ1n) is 7.09. The van der Waals surface area contributed by atoms with Gasteiger partial charge < -0.3 is 10.2 Å². The van der Waals surface area contributed by atoms with Gasteiger partial charge in [0.15, 0.2) is 0 Å². The Bertz CT molecular complexity index is 442. The Hall–Kier alpha value is -1.68. The second kappa shape index (κ2) is 9.26. The fraction of sp³-hybridized carbons (Fsp3) is 0.438. The zero-order chi connectivity index (χ0) is 14.8. The minimum absolute atomic E-state index is 0.145. The van der Waals surface area contributed by atoms with E-state index >= 15 is 0 Å². The van der Waals surface area contributed by atoms with Crippen molar-refractivity contribution in [1.29, 1.82) is 0 Å². The lowest BCUT2D eigenvalue weighted by atomic mass is 10.2. The summed E-state index contributed by atoms with van der Waals surface area (Å²) in [4.78, 5) is 13.9. The molecule has 1 aromatic carbocycles. The maximum Gasteiger partial charge on any atom is 0.243 e. The number of nitrogens with zero attached hydrogens (tertiary/aromatic N) is 1. The van der Waals surface area contributed by atoms with Crippen LogP contribution >= 0.6 is 0 Å². The SMILES string of the molecule is CCN(CC)CCCNC(=O)/C=C/c1cccc(F)c1. The van der Waals surface area contributed by atoms with Crippen LogP contribution in [0.25, 0.3) is 6.08 Å². The lowest BCUT2D eigenvalue weighted by Gasteiger charge is -2.17. The van der Waals surface area contributed by atoms with Gasteiger partial charge in [0.05, 0.1) is 0 Å². The van der Waals surface area contributed by atoms with Crippen molar-refractivity contribution in [3.63, 3.8) is 0 Å². The number of hydrogen-bond acceptors (Lipinski definition) is 2. The van der Waals surface area contributed by atoms with Crippen LogP contribution in [0.3, 0.4) is 0 Å². The predicted molar refractivity (Wildman–Crippen MR) is 80.8 cm³/mol. The Balaban J connectivity index is 2.26. The standard InChI is InChI=1S/C16H23FN2O/c1-3-19(4-2)12-6-11-18-16(20)10-9-14-7-5-8-15(17)13-14/h5,7-10,13H,3-4,6,11-12H2,1-2H3,(H,18,20)/b10-9+. The first kappa shape index (κ1) is 16.4. The molecule has 0 aliphatic heterocycles. The number of carbonyl (C=O) groups is 1. The van der Waals surface area contributed by atoms with Crippen LogP contribution < -0.4 is 5.32 Å². The van der Waals surface area contributed by atoms with E-state index < -0.39 is 0 Å². The molecule has 0 bridgehead atoms. The molecule has 0 heterocycles. The van der Waals surface area contributed by atoms with Crippen LogP contribution in [-0.4, -0.2) is 37.0 Å². The summed E-state index contributed by atoms with van der Waals surface area (Å²) in [7, 11) is 0. The Labute approximate surface area is 120 Å². The van der Waals surface area contributed by atoms with Crippen molar-refractivity contribution in [1.82, 2.24) is 10.2 Å². The van der Waals surface area contributed by atoms with E-state index in [0.29, 0.717) is 12.1 Å². The third-order valence-corrected chi connectivity index (χ3v) is 3.12. The van der Waals surface area contributed by atoms with Crippen molar-refractivity contribution in [2.24, 2.45) is 0 Å². The van der Waals surface area contributed by atoms with E-state index in [4.69, 9.17) is 0 Å². The summed E-state index contributed by atoms with van der Waals surface area (Å²) in [6, 6.07) is 6.15. The molecule has 3 nitrogen and oxygen atoms in total. The van der Waals surface area contributed by atoms with Gasteiger partial charge in [0.1, 0.15) is 5.82 Å². The predicted octanol–water partition coefficient (Wildman–Crippen LogP) is 2.69. The summed E-state index contributed by atoms with van der Waals surface area (Å²) in [5.74, 6) is -0.444. The normalized spacial score (nSPS) is 11.2. The molecule has 110 valence electrons. The molecule has 0 aliphatic rings. The van der Waals surface area contributed by atoms with E-state index in [9.17, 15) is 9.18 Å². The highest BCUT2D eigenvalue weighted by atomic mass is 19.1. The van der Waals surface area contributed by atoms with Gasteiger partial charge in [0.25, 0.3) is 0 Å². The van der Waals surface area contributed by atoms with Crippen molar-refractivity contribution >= 4 is 12.0 Å². The first-order valence-corrected chi connectivity index (χ1v) is 7.09. The Morgan fingerprint density at radius 3 is 2.75 bits per heavy atom. The summed E-state index contributed by atoms with van der Waals surface area (Å²) in [6.45, 7) is 7.96. The number of nitrogens with one attached hydrogen (secondary N) is 1. The van der Waals surface area contributed by atoms with E-state index in [1.165, 1.54) is 18.2 Å². The summed E-state index contributed by atoms with van der Waals surface area (Å²) >= 11 is 0. The van der Waals surface area contributed by atoms with Crippen LogP contribution in [0.2, 0.25) is 0 Å². The molecule has 0 saturated carbocycles. The highest BCUT2D eigenvalue weighted by Crippen LogP contribution is 2.04. The summed E-state index contributed by atoms with van der Waals surface area (Å²) < 4.78 is 12.9. The first-order chi connectivity index (χ1) is 9.65. The van der Waals surface area contributed by atoms with E-state index in [-0.39, 0.29) is 11.7 Å². The molecule has 0 atom stereocenters. The van der Waals surface area contributed by atoms with Gasteiger partial charge in [-0.1, -0.05) is 26.0 Å². The molecule has 0 aromatic heterocycles. The van der Waals surface area contributed by atoms with E-state index in [0.717, 1.165) is 26.1 Å². The van der Waals surface area contributed by atoms with Crippen LogP contribution in [0.1, 0.15) is 25.8 Å². The molecule has 0 unspecified atom stereocenters. The molecule has 1 aromatic rings. The Kier molecular flexibility index (Phi) is 7.58. The second-order valence-corrected chi connectivity index (χ2v) is 4.56. The molecule has 0 radical (unpaired) electrons. The third-order valence-electron chi connectivity index (χ3n) is 3.12. The smallest absolute Gasteiger partial charge is 0.243 e. The molecule has 1 amide bonds. The molecule has 0 saturated heterocycles. The van der Waals surface area contributed by atoms with Crippen molar-refractivity contribution in [2.75, 3.05) is 26.2 Å². The van der Waals surface area contributed by atoms with Crippen LogP contribution in [0, 0.1) is 5.82 Å². The molecule has 1 rings (SSSR count). The minimum atomic E-state index is -0.299. The zero-order valence-corrected chi connectivity index (χ0v) is 12.2. The van der Waals surface area contributed by atoms with Gasteiger partial charge in [-0.25, -0.2) is 4.39 Å².